The highest BCUT2D eigenvalue weighted by Gasteiger charge is 2.23. The van der Waals surface area contributed by atoms with E-state index in [0.29, 0.717) is 34.7 Å². The molecule has 0 aliphatic rings. The Bertz CT molecular complexity index is 1220. The summed E-state index contributed by atoms with van der Waals surface area (Å²) in [5.41, 5.74) is 12.9. The average Bonchev–Trinajstić information content (AvgIpc) is 3.44. The molecule has 154 valence electrons. The van der Waals surface area contributed by atoms with Crippen LogP contribution in [0.4, 0.5) is 11.4 Å². The normalized spacial score (nSPS) is 11.0. The van der Waals surface area contributed by atoms with Gasteiger partial charge in [0.15, 0.2) is 5.65 Å². The lowest BCUT2D eigenvalue weighted by Gasteiger charge is -2.13. The molecule has 11 heteroatoms. The van der Waals surface area contributed by atoms with Crippen LogP contribution in [0, 0.1) is 5.41 Å². The zero-order chi connectivity index (χ0) is 21.3. The molecule has 0 radical (unpaired) electrons. The first kappa shape index (κ1) is 19.6. The minimum absolute atomic E-state index is 0.234. The number of nitrogens with two attached hydrogens (primary N) is 2. The Kier molecular flexibility index (Phi) is 5.21. The molecule has 3 heterocycles. The van der Waals surface area contributed by atoms with Crippen LogP contribution in [0.25, 0.3) is 10.3 Å². The number of hydrazine groups is 1. The van der Waals surface area contributed by atoms with E-state index in [2.05, 4.69) is 25.9 Å². The molecule has 4 aromatic rings. The summed E-state index contributed by atoms with van der Waals surface area (Å²) in [6.07, 6.45) is 3.51. The molecule has 0 saturated carbocycles. The van der Waals surface area contributed by atoms with Crippen LogP contribution in [0.3, 0.4) is 0 Å². The number of rotatable bonds is 7. The molecule has 0 saturated heterocycles. The molecule has 8 N–H and O–H groups in total. The van der Waals surface area contributed by atoms with Crippen molar-refractivity contribution in [2.75, 3.05) is 11.2 Å². The highest BCUT2D eigenvalue weighted by atomic mass is 32.1. The monoisotopic (exact) mass is 423 g/mol. The van der Waals surface area contributed by atoms with Crippen molar-refractivity contribution in [3.63, 3.8) is 0 Å². The first-order valence-corrected chi connectivity index (χ1v) is 9.94. The van der Waals surface area contributed by atoms with Crippen molar-refractivity contribution in [3.8, 4) is 0 Å². The van der Waals surface area contributed by atoms with Crippen LogP contribution >= 0.6 is 11.3 Å². The zero-order valence-electron chi connectivity index (χ0n) is 16.2. The molecule has 1 amide bonds. The molecule has 1 aromatic carbocycles. The lowest BCUT2D eigenvalue weighted by atomic mass is 10.1. The van der Waals surface area contributed by atoms with E-state index < -0.39 is 0 Å². The number of nitrogens with zero attached hydrogens (tertiary/aromatic N) is 3. The number of para-hydroxylation sites is 1. The Labute approximate surface area is 175 Å². The molecule has 0 bridgehead atoms. The van der Waals surface area contributed by atoms with E-state index in [1.54, 1.807) is 29.9 Å². The number of hydrogen-bond donors (Lipinski definition) is 6. The van der Waals surface area contributed by atoms with Gasteiger partial charge in [-0.05, 0) is 17.7 Å². The van der Waals surface area contributed by atoms with Crippen LogP contribution in [-0.2, 0) is 20.0 Å². The van der Waals surface area contributed by atoms with E-state index in [-0.39, 0.29) is 12.5 Å². The summed E-state index contributed by atoms with van der Waals surface area (Å²) in [5, 5.41) is 18.5. The maximum Gasteiger partial charge on any atom is 0.268 e. The van der Waals surface area contributed by atoms with Gasteiger partial charge in [0.25, 0.3) is 5.91 Å². The second kappa shape index (κ2) is 7.97. The second-order valence-corrected chi connectivity index (χ2v) is 7.78. The summed E-state index contributed by atoms with van der Waals surface area (Å²) in [5.74, 6) is 5.24. The minimum Gasteiger partial charge on any atom is -0.397 e. The van der Waals surface area contributed by atoms with Gasteiger partial charge < -0.3 is 26.5 Å². The van der Waals surface area contributed by atoms with Crippen LogP contribution in [0.15, 0.2) is 30.5 Å². The van der Waals surface area contributed by atoms with Gasteiger partial charge in [-0.1, -0.05) is 12.1 Å². The van der Waals surface area contributed by atoms with Crippen molar-refractivity contribution >= 4 is 45.2 Å². The predicted molar refractivity (Wildman–Crippen MR) is 118 cm³/mol. The van der Waals surface area contributed by atoms with E-state index in [1.807, 2.05) is 12.1 Å². The smallest absolute Gasteiger partial charge is 0.268 e. The summed E-state index contributed by atoms with van der Waals surface area (Å²) < 4.78 is 2.53. The molecule has 0 unspecified atom stereocenters. The summed E-state index contributed by atoms with van der Waals surface area (Å²) in [6, 6.07) is 7.25. The van der Waals surface area contributed by atoms with Gasteiger partial charge in [-0.3, -0.25) is 15.7 Å². The molecule has 0 aliphatic heterocycles. The fourth-order valence-corrected chi connectivity index (χ4v) is 4.52. The third-order valence-corrected chi connectivity index (χ3v) is 5.91. The molecule has 10 nitrogen and oxygen atoms in total. The number of carbonyl (C=O) groups excluding carboxylic acids is 1. The number of nitrogen functional groups attached to an aromatic ring is 2. The number of aromatic nitrogens is 4. The maximum absolute atomic E-state index is 13.0. The van der Waals surface area contributed by atoms with Gasteiger partial charge in [-0.25, -0.2) is 4.98 Å². The van der Waals surface area contributed by atoms with E-state index in [9.17, 15) is 4.79 Å². The minimum atomic E-state index is -0.304. The molecule has 0 spiro atoms. The van der Waals surface area contributed by atoms with Gasteiger partial charge >= 0.3 is 0 Å². The first-order valence-electron chi connectivity index (χ1n) is 9.12. The van der Waals surface area contributed by atoms with E-state index in [1.165, 1.54) is 17.6 Å². The standard InChI is InChI=1S/C19H21N9OS/c1-28-16(19(29)23-9-10-3-2-4-13(21)15(10)26-22)12(8-20)17-18(28)25-14(30-17)7-11-5-6-24-27-11/h2-6,8,20,26H,7,9,21-22H2,1H3,(H,23,29)(H,24,27). The van der Waals surface area contributed by atoms with E-state index in [4.69, 9.17) is 17.0 Å². The fourth-order valence-electron chi connectivity index (χ4n) is 3.38. The molecular weight excluding hydrogens is 402 g/mol. The van der Waals surface area contributed by atoms with Crippen molar-refractivity contribution < 1.29 is 4.79 Å². The topological polar surface area (TPSA) is 164 Å². The fraction of sp³-hybridized carbons (Fsp3) is 0.158. The van der Waals surface area contributed by atoms with Gasteiger partial charge in [0.05, 0.1) is 16.1 Å². The van der Waals surface area contributed by atoms with Crippen LogP contribution in [0.1, 0.15) is 32.3 Å². The summed E-state index contributed by atoms with van der Waals surface area (Å²) in [4.78, 5) is 17.6. The number of anilines is 2. The molecular formula is C19H21N9OS. The van der Waals surface area contributed by atoms with Crippen LogP contribution in [0.5, 0.6) is 0 Å². The number of aromatic amines is 1. The van der Waals surface area contributed by atoms with Crippen LogP contribution in [0.2, 0.25) is 0 Å². The van der Waals surface area contributed by atoms with Gasteiger partial charge in [-0.2, -0.15) is 5.10 Å². The third-order valence-electron chi connectivity index (χ3n) is 4.83. The average molecular weight is 424 g/mol. The highest BCUT2D eigenvalue weighted by Crippen LogP contribution is 2.31. The summed E-state index contributed by atoms with van der Waals surface area (Å²) in [6.45, 7) is 0.234. The Morgan fingerprint density at radius 2 is 2.23 bits per heavy atom. The van der Waals surface area contributed by atoms with Crippen molar-refractivity contribution in [2.45, 2.75) is 13.0 Å². The van der Waals surface area contributed by atoms with Gasteiger partial charge in [-0.15, -0.1) is 11.3 Å². The van der Waals surface area contributed by atoms with Crippen molar-refractivity contribution in [3.05, 3.63) is 58.0 Å². The quantitative estimate of drug-likeness (QED) is 0.115. The van der Waals surface area contributed by atoms with Gasteiger partial charge in [0.1, 0.15) is 10.7 Å². The first-order chi connectivity index (χ1) is 14.5. The Morgan fingerprint density at radius 3 is 2.93 bits per heavy atom. The number of thiazole rings is 1. The Balaban J connectivity index is 1.61. The number of benzene rings is 1. The molecule has 30 heavy (non-hydrogen) atoms. The Morgan fingerprint density at radius 1 is 1.40 bits per heavy atom. The van der Waals surface area contributed by atoms with Crippen LogP contribution in [-0.4, -0.2) is 31.9 Å². The largest absolute Gasteiger partial charge is 0.397 e. The molecule has 0 aliphatic carbocycles. The van der Waals surface area contributed by atoms with Crippen molar-refractivity contribution in [1.29, 1.82) is 5.41 Å². The van der Waals surface area contributed by atoms with E-state index in [0.717, 1.165) is 21.0 Å². The lowest BCUT2D eigenvalue weighted by molar-refractivity contribution is 0.0943. The van der Waals surface area contributed by atoms with E-state index >= 15 is 0 Å². The predicted octanol–water partition coefficient (Wildman–Crippen LogP) is 1.74. The Hall–Kier alpha value is -3.70. The zero-order valence-corrected chi connectivity index (χ0v) is 17.0. The number of aryl methyl sites for hydroxylation is 1. The number of fused-ring (bicyclic) bond motifs is 1. The molecule has 0 fully saturated rings. The molecule has 0 atom stereocenters. The number of H-pyrrole nitrogens is 1. The summed E-state index contributed by atoms with van der Waals surface area (Å²) >= 11 is 1.47. The van der Waals surface area contributed by atoms with Crippen molar-refractivity contribution in [2.24, 2.45) is 12.9 Å². The molecule has 3 aromatic heterocycles. The number of amides is 1. The van der Waals surface area contributed by atoms with Gasteiger partial charge in [0.2, 0.25) is 0 Å². The summed E-state index contributed by atoms with van der Waals surface area (Å²) in [7, 11) is 1.78. The third kappa shape index (κ3) is 3.40. The van der Waals surface area contributed by atoms with Gasteiger partial charge in [0, 0.05) is 43.7 Å². The maximum atomic E-state index is 13.0. The SMILES string of the molecule is Cn1c(C(=O)NCc2cccc(N)c2NN)c(C=N)c2sc(Cc3ccn[nH]3)nc21. The molecule has 4 rings (SSSR count). The second-order valence-electron chi connectivity index (χ2n) is 6.69. The number of carbonyl (C=O) groups is 1. The van der Waals surface area contributed by atoms with Crippen molar-refractivity contribution in [1.82, 2.24) is 25.1 Å². The lowest BCUT2D eigenvalue weighted by Crippen LogP contribution is -2.27. The number of hydrogen-bond acceptors (Lipinski definition) is 8. The number of nitrogens with one attached hydrogen (secondary N) is 4. The highest BCUT2D eigenvalue weighted by molar-refractivity contribution is 7.19. The van der Waals surface area contributed by atoms with Crippen LogP contribution < -0.4 is 22.3 Å².